The minimum atomic E-state index is -0.626. The van der Waals surface area contributed by atoms with Gasteiger partial charge in [-0.1, -0.05) is 13.8 Å². The highest BCUT2D eigenvalue weighted by Gasteiger charge is 2.36. The molecule has 2 aromatic rings. The molecule has 114 valence electrons. The summed E-state index contributed by atoms with van der Waals surface area (Å²) in [6, 6.07) is 4.01. The molecule has 1 aromatic carbocycles. The quantitative estimate of drug-likeness (QED) is 0.757. The molecule has 0 amide bonds. The normalized spacial score (nSPS) is 20.5. The number of rotatable bonds is 3. The van der Waals surface area contributed by atoms with Gasteiger partial charge in [-0.15, -0.1) is 11.3 Å². The van der Waals surface area contributed by atoms with E-state index < -0.39 is 5.60 Å². The van der Waals surface area contributed by atoms with Gasteiger partial charge in [-0.3, -0.25) is 0 Å². The van der Waals surface area contributed by atoms with Crippen molar-refractivity contribution in [3.63, 3.8) is 0 Å². The standard InChI is InChI=1S/C16H23N3OS/c1-15(2)5-7-16(20,8-6-15)9-18-11-3-4-12-14(13(11)17)19-10-21-12/h3-4,10,18,20H,5-9,17H2,1-2H3. The van der Waals surface area contributed by atoms with Crippen LogP contribution in [0.3, 0.4) is 0 Å². The second kappa shape index (κ2) is 5.14. The zero-order chi connectivity index (χ0) is 15.1. The number of benzene rings is 1. The van der Waals surface area contributed by atoms with Crippen LogP contribution < -0.4 is 11.1 Å². The zero-order valence-electron chi connectivity index (χ0n) is 12.6. The van der Waals surface area contributed by atoms with Gasteiger partial charge in [0.2, 0.25) is 0 Å². The molecule has 0 unspecified atom stereocenters. The summed E-state index contributed by atoms with van der Waals surface area (Å²) in [5.74, 6) is 0. The van der Waals surface area contributed by atoms with Crippen LogP contribution in [0.1, 0.15) is 39.5 Å². The smallest absolute Gasteiger partial charge is 0.106 e. The fourth-order valence-corrected chi connectivity index (χ4v) is 3.63. The van der Waals surface area contributed by atoms with E-state index in [-0.39, 0.29) is 0 Å². The molecule has 4 nitrogen and oxygen atoms in total. The molecule has 0 aliphatic heterocycles. The monoisotopic (exact) mass is 305 g/mol. The Kier molecular flexibility index (Phi) is 3.58. The van der Waals surface area contributed by atoms with Gasteiger partial charge in [-0.05, 0) is 43.2 Å². The first-order chi connectivity index (χ1) is 9.89. The van der Waals surface area contributed by atoms with Crippen molar-refractivity contribution in [2.24, 2.45) is 5.41 Å². The molecular weight excluding hydrogens is 282 g/mol. The van der Waals surface area contributed by atoms with Gasteiger partial charge in [0.05, 0.1) is 27.2 Å². The number of nitrogen functional groups attached to an aromatic ring is 1. The summed E-state index contributed by atoms with van der Waals surface area (Å²) >= 11 is 1.59. The highest BCUT2D eigenvalue weighted by atomic mass is 32.1. The molecule has 5 heteroatoms. The minimum absolute atomic E-state index is 0.352. The molecule has 3 rings (SSSR count). The molecule has 1 aromatic heterocycles. The molecule has 4 N–H and O–H groups in total. The molecule has 0 spiro atoms. The van der Waals surface area contributed by atoms with Crippen molar-refractivity contribution >= 4 is 32.9 Å². The summed E-state index contributed by atoms with van der Waals surface area (Å²) in [4.78, 5) is 4.30. The number of nitrogens with two attached hydrogens (primary N) is 1. The Morgan fingerprint density at radius 1 is 1.29 bits per heavy atom. The molecule has 1 saturated carbocycles. The summed E-state index contributed by atoms with van der Waals surface area (Å²) in [6.45, 7) is 5.09. The van der Waals surface area contributed by atoms with Crippen LogP contribution in [-0.4, -0.2) is 22.2 Å². The Hall–Kier alpha value is -1.33. The van der Waals surface area contributed by atoms with E-state index in [0.717, 1.165) is 41.6 Å². The predicted molar refractivity (Wildman–Crippen MR) is 89.7 cm³/mol. The van der Waals surface area contributed by atoms with Gasteiger partial charge in [0.15, 0.2) is 0 Å². The second-order valence-electron chi connectivity index (χ2n) is 6.97. The molecule has 1 heterocycles. The minimum Gasteiger partial charge on any atom is -0.395 e. The highest BCUT2D eigenvalue weighted by molar-refractivity contribution is 7.16. The summed E-state index contributed by atoms with van der Waals surface area (Å²) in [5.41, 5.74) is 10.1. The van der Waals surface area contributed by atoms with E-state index in [4.69, 9.17) is 5.73 Å². The Morgan fingerprint density at radius 2 is 2.00 bits per heavy atom. The SMILES string of the molecule is CC1(C)CCC(O)(CNc2ccc3scnc3c2N)CC1. The van der Waals surface area contributed by atoms with Gasteiger partial charge in [0.1, 0.15) is 5.52 Å². The number of fused-ring (bicyclic) bond motifs is 1. The summed E-state index contributed by atoms with van der Waals surface area (Å²) < 4.78 is 1.09. The van der Waals surface area contributed by atoms with Crippen molar-refractivity contribution in [1.82, 2.24) is 4.98 Å². The Morgan fingerprint density at radius 3 is 2.71 bits per heavy atom. The van der Waals surface area contributed by atoms with Gasteiger partial charge in [0.25, 0.3) is 0 Å². The van der Waals surface area contributed by atoms with Crippen LogP contribution >= 0.6 is 11.3 Å². The molecule has 0 bridgehead atoms. The zero-order valence-corrected chi connectivity index (χ0v) is 13.5. The molecule has 0 saturated heterocycles. The fourth-order valence-electron chi connectivity index (χ4n) is 2.93. The molecule has 0 atom stereocenters. The lowest BCUT2D eigenvalue weighted by Gasteiger charge is -2.40. The summed E-state index contributed by atoms with van der Waals surface area (Å²) in [5, 5.41) is 14.0. The number of aromatic nitrogens is 1. The fraction of sp³-hybridized carbons (Fsp3) is 0.562. The topological polar surface area (TPSA) is 71.2 Å². The molecule has 1 aliphatic rings. The van der Waals surface area contributed by atoms with E-state index in [9.17, 15) is 5.11 Å². The summed E-state index contributed by atoms with van der Waals surface area (Å²) in [7, 11) is 0. The van der Waals surface area contributed by atoms with Crippen molar-refractivity contribution in [1.29, 1.82) is 0 Å². The largest absolute Gasteiger partial charge is 0.395 e. The maximum Gasteiger partial charge on any atom is 0.106 e. The number of aliphatic hydroxyl groups is 1. The number of nitrogens with zero attached hydrogens (tertiary/aromatic N) is 1. The lowest BCUT2D eigenvalue weighted by atomic mass is 9.71. The van der Waals surface area contributed by atoms with Crippen molar-refractivity contribution in [2.75, 3.05) is 17.6 Å². The van der Waals surface area contributed by atoms with Gasteiger partial charge in [-0.25, -0.2) is 4.98 Å². The molecular formula is C16H23N3OS. The van der Waals surface area contributed by atoms with Crippen LogP contribution in [0.2, 0.25) is 0 Å². The molecule has 1 fully saturated rings. The third kappa shape index (κ3) is 2.99. The Labute approximate surface area is 129 Å². The first-order valence-corrected chi connectivity index (χ1v) is 8.35. The van der Waals surface area contributed by atoms with Crippen molar-refractivity contribution in [2.45, 2.75) is 45.1 Å². The van der Waals surface area contributed by atoms with E-state index in [1.54, 1.807) is 11.3 Å². The van der Waals surface area contributed by atoms with E-state index in [2.05, 4.69) is 24.1 Å². The van der Waals surface area contributed by atoms with E-state index in [1.807, 2.05) is 17.6 Å². The lowest BCUT2D eigenvalue weighted by molar-refractivity contribution is -0.0145. The van der Waals surface area contributed by atoms with Crippen LogP contribution in [0.5, 0.6) is 0 Å². The lowest BCUT2D eigenvalue weighted by Crippen LogP contribution is -2.42. The first-order valence-electron chi connectivity index (χ1n) is 7.47. The first kappa shape index (κ1) is 14.6. The number of thiazole rings is 1. The van der Waals surface area contributed by atoms with Crippen molar-refractivity contribution in [3.8, 4) is 0 Å². The number of anilines is 2. The highest BCUT2D eigenvalue weighted by Crippen LogP contribution is 2.40. The van der Waals surface area contributed by atoms with Crippen LogP contribution in [0.4, 0.5) is 11.4 Å². The third-order valence-electron chi connectivity index (χ3n) is 4.68. The van der Waals surface area contributed by atoms with E-state index >= 15 is 0 Å². The Balaban J connectivity index is 1.70. The molecule has 21 heavy (non-hydrogen) atoms. The number of hydrogen-bond acceptors (Lipinski definition) is 5. The third-order valence-corrected chi connectivity index (χ3v) is 5.48. The predicted octanol–water partition coefficient (Wildman–Crippen LogP) is 3.62. The maximum atomic E-state index is 10.7. The second-order valence-corrected chi connectivity index (χ2v) is 7.85. The van der Waals surface area contributed by atoms with Crippen LogP contribution in [0, 0.1) is 5.41 Å². The average molecular weight is 305 g/mol. The van der Waals surface area contributed by atoms with Crippen LogP contribution in [-0.2, 0) is 0 Å². The maximum absolute atomic E-state index is 10.7. The van der Waals surface area contributed by atoms with Crippen LogP contribution in [0.25, 0.3) is 10.2 Å². The van der Waals surface area contributed by atoms with Gasteiger partial charge < -0.3 is 16.2 Å². The average Bonchev–Trinajstić information content (AvgIpc) is 2.92. The van der Waals surface area contributed by atoms with Gasteiger partial charge in [0, 0.05) is 6.54 Å². The Bertz CT molecular complexity index is 640. The van der Waals surface area contributed by atoms with E-state index in [0.29, 0.717) is 17.6 Å². The molecule has 0 radical (unpaired) electrons. The van der Waals surface area contributed by atoms with Crippen molar-refractivity contribution in [3.05, 3.63) is 17.6 Å². The van der Waals surface area contributed by atoms with Crippen LogP contribution in [0.15, 0.2) is 17.6 Å². The molecule has 1 aliphatic carbocycles. The number of hydrogen-bond donors (Lipinski definition) is 3. The number of nitrogens with one attached hydrogen (secondary N) is 1. The van der Waals surface area contributed by atoms with Gasteiger partial charge in [-0.2, -0.15) is 0 Å². The summed E-state index contributed by atoms with van der Waals surface area (Å²) in [6.07, 6.45) is 3.80. The van der Waals surface area contributed by atoms with Crippen molar-refractivity contribution < 1.29 is 5.11 Å². The van der Waals surface area contributed by atoms with Gasteiger partial charge >= 0.3 is 0 Å². The van der Waals surface area contributed by atoms with E-state index in [1.165, 1.54) is 0 Å².